The van der Waals surface area contributed by atoms with Crippen molar-refractivity contribution in [3.63, 3.8) is 0 Å². The van der Waals surface area contributed by atoms with E-state index in [1.165, 1.54) is 54.7 Å². The van der Waals surface area contributed by atoms with Gasteiger partial charge in [-0.15, -0.1) is 11.3 Å². The molecule has 134 valence electrons. The zero-order chi connectivity index (χ0) is 17.8. The normalized spacial score (nSPS) is 17.0. The van der Waals surface area contributed by atoms with Gasteiger partial charge >= 0.3 is 5.97 Å². The molecule has 0 radical (unpaired) electrons. The lowest BCUT2D eigenvalue weighted by atomic mass is 9.83. The molecule has 1 aromatic carbocycles. The molecule has 1 saturated carbocycles. The van der Waals surface area contributed by atoms with Crippen LogP contribution < -0.4 is 4.74 Å². The Kier molecular flexibility index (Phi) is 3.60. The Morgan fingerprint density at radius 3 is 2.77 bits per heavy atom. The van der Waals surface area contributed by atoms with Gasteiger partial charge in [0.1, 0.15) is 10.6 Å². The van der Waals surface area contributed by atoms with Crippen LogP contribution in [0.4, 0.5) is 0 Å². The van der Waals surface area contributed by atoms with Crippen molar-refractivity contribution in [2.24, 2.45) is 0 Å². The average Bonchev–Trinajstić information content (AvgIpc) is 3.17. The number of aryl methyl sites for hydroxylation is 1. The summed E-state index contributed by atoms with van der Waals surface area (Å²) in [7, 11) is 0. The maximum Gasteiger partial charge on any atom is 0.346 e. The number of ether oxygens (including phenoxy) is 1. The zero-order valence-corrected chi connectivity index (χ0v) is 15.6. The molecule has 1 aliphatic heterocycles. The fourth-order valence-corrected chi connectivity index (χ4v) is 5.97. The predicted octanol–water partition coefficient (Wildman–Crippen LogP) is 5.77. The van der Waals surface area contributed by atoms with Gasteiger partial charge in [-0.1, -0.05) is 31.4 Å². The summed E-state index contributed by atoms with van der Waals surface area (Å²) in [6, 6.07) is 8.22. The second kappa shape index (κ2) is 5.88. The van der Waals surface area contributed by atoms with Crippen molar-refractivity contribution >= 4 is 27.5 Å². The molecular weight excluding hydrogens is 346 g/mol. The molecule has 0 saturated heterocycles. The summed E-state index contributed by atoms with van der Waals surface area (Å²) in [6.07, 6.45) is 6.19. The third-order valence-electron chi connectivity index (χ3n) is 5.85. The van der Waals surface area contributed by atoms with E-state index >= 15 is 0 Å². The number of hydrogen-bond donors (Lipinski definition) is 1. The summed E-state index contributed by atoms with van der Waals surface area (Å²) in [5, 5.41) is 9.62. The molecule has 2 aliphatic rings. The Morgan fingerprint density at radius 2 is 2.00 bits per heavy atom. The summed E-state index contributed by atoms with van der Waals surface area (Å²) < 4.78 is 9.37. The van der Waals surface area contributed by atoms with E-state index in [2.05, 4.69) is 16.7 Å². The van der Waals surface area contributed by atoms with E-state index < -0.39 is 5.97 Å². The van der Waals surface area contributed by atoms with Crippen LogP contribution in [0.5, 0.6) is 5.75 Å². The van der Waals surface area contributed by atoms with Crippen molar-refractivity contribution in [3.8, 4) is 17.0 Å². The van der Waals surface area contributed by atoms with E-state index in [4.69, 9.17) is 4.74 Å². The number of nitrogens with zero attached hydrogens (tertiary/aromatic N) is 1. The molecule has 2 aromatic heterocycles. The Bertz CT molecular complexity index is 1020. The van der Waals surface area contributed by atoms with E-state index in [0.717, 1.165) is 27.1 Å². The molecule has 1 aliphatic carbocycles. The zero-order valence-electron chi connectivity index (χ0n) is 14.7. The minimum Gasteiger partial charge on any atom is -0.477 e. The summed E-state index contributed by atoms with van der Waals surface area (Å²) in [5.74, 6) is 0.608. The lowest BCUT2D eigenvalue weighted by Gasteiger charge is -2.26. The first-order valence-electron chi connectivity index (χ1n) is 9.27. The van der Waals surface area contributed by atoms with Crippen molar-refractivity contribution in [3.05, 3.63) is 40.3 Å². The maximum absolute atomic E-state index is 11.7. The van der Waals surface area contributed by atoms with Crippen LogP contribution in [0.3, 0.4) is 0 Å². The molecule has 1 N–H and O–H groups in total. The van der Waals surface area contributed by atoms with E-state index in [0.29, 0.717) is 17.5 Å². The van der Waals surface area contributed by atoms with Gasteiger partial charge in [0.05, 0.1) is 15.9 Å². The minimum atomic E-state index is -0.829. The molecule has 0 bridgehead atoms. The van der Waals surface area contributed by atoms with Crippen LogP contribution in [0.15, 0.2) is 24.3 Å². The van der Waals surface area contributed by atoms with Crippen LogP contribution in [-0.4, -0.2) is 15.6 Å². The number of carbonyl (C=O) groups is 1. The smallest absolute Gasteiger partial charge is 0.346 e. The highest BCUT2D eigenvalue weighted by molar-refractivity contribution is 7.21. The summed E-state index contributed by atoms with van der Waals surface area (Å²) >= 11 is 1.44. The van der Waals surface area contributed by atoms with Gasteiger partial charge in [0, 0.05) is 5.56 Å². The second-order valence-corrected chi connectivity index (χ2v) is 8.35. The molecule has 0 atom stereocenters. The van der Waals surface area contributed by atoms with Gasteiger partial charge < -0.3 is 14.4 Å². The SMILES string of the molecule is Cc1c(C(=O)O)sc2c(C3CCCCC3)c3n(c12)COc1ccccc1-3. The highest BCUT2D eigenvalue weighted by Crippen LogP contribution is 2.50. The molecule has 5 rings (SSSR count). The van der Waals surface area contributed by atoms with Crippen LogP contribution in [0.1, 0.15) is 58.8 Å². The maximum atomic E-state index is 11.7. The Morgan fingerprint density at radius 1 is 1.23 bits per heavy atom. The monoisotopic (exact) mass is 367 g/mol. The first kappa shape index (κ1) is 15.9. The molecule has 1 fully saturated rings. The molecule has 0 amide bonds. The Hall–Kier alpha value is -2.27. The van der Waals surface area contributed by atoms with E-state index in [-0.39, 0.29) is 0 Å². The lowest BCUT2D eigenvalue weighted by molar-refractivity contribution is 0.0701. The van der Waals surface area contributed by atoms with E-state index in [1.807, 2.05) is 19.1 Å². The van der Waals surface area contributed by atoms with Gasteiger partial charge in [-0.25, -0.2) is 4.79 Å². The number of aromatic carboxylic acids is 1. The predicted molar refractivity (Wildman–Crippen MR) is 103 cm³/mol. The second-order valence-electron chi connectivity index (χ2n) is 7.33. The quantitative estimate of drug-likeness (QED) is 0.625. The number of para-hydroxylation sites is 1. The van der Waals surface area contributed by atoms with Gasteiger partial charge in [-0.2, -0.15) is 0 Å². The third kappa shape index (κ3) is 2.16. The third-order valence-corrected chi connectivity index (χ3v) is 7.16. The van der Waals surface area contributed by atoms with E-state index in [9.17, 15) is 9.90 Å². The molecule has 3 heterocycles. The van der Waals surface area contributed by atoms with Crippen molar-refractivity contribution in [2.75, 3.05) is 0 Å². The summed E-state index contributed by atoms with van der Waals surface area (Å²) in [4.78, 5) is 12.2. The van der Waals surface area contributed by atoms with E-state index in [1.54, 1.807) is 0 Å². The van der Waals surface area contributed by atoms with Crippen molar-refractivity contribution in [1.82, 2.24) is 4.57 Å². The van der Waals surface area contributed by atoms with Gasteiger partial charge in [0.15, 0.2) is 6.73 Å². The number of carboxylic acids is 1. The first-order valence-corrected chi connectivity index (χ1v) is 10.1. The number of hydrogen-bond acceptors (Lipinski definition) is 3. The molecule has 0 unspecified atom stereocenters. The summed E-state index contributed by atoms with van der Waals surface area (Å²) in [5.41, 5.74) is 5.66. The number of carboxylic acid groups (broad SMARTS) is 1. The number of benzene rings is 1. The molecule has 26 heavy (non-hydrogen) atoms. The Labute approximate surface area is 156 Å². The highest BCUT2D eigenvalue weighted by atomic mass is 32.1. The van der Waals surface area contributed by atoms with Gasteiger partial charge in [-0.05, 0) is 48.9 Å². The van der Waals surface area contributed by atoms with Crippen molar-refractivity contribution in [2.45, 2.75) is 51.7 Å². The number of fused-ring (bicyclic) bond motifs is 5. The first-order chi connectivity index (χ1) is 12.7. The molecule has 5 heteroatoms. The van der Waals surface area contributed by atoms with Crippen molar-refractivity contribution in [1.29, 1.82) is 0 Å². The fourth-order valence-electron chi connectivity index (χ4n) is 4.69. The number of rotatable bonds is 2. The molecule has 4 nitrogen and oxygen atoms in total. The molecular formula is C21H21NO3S. The minimum absolute atomic E-state index is 0.451. The average molecular weight is 367 g/mol. The largest absolute Gasteiger partial charge is 0.477 e. The fraction of sp³-hybridized carbons (Fsp3) is 0.381. The lowest BCUT2D eigenvalue weighted by Crippen LogP contribution is -2.15. The van der Waals surface area contributed by atoms with Gasteiger partial charge in [-0.3, -0.25) is 0 Å². The number of aromatic nitrogens is 1. The van der Waals surface area contributed by atoms with Crippen molar-refractivity contribution < 1.29 is 14.6 Å². The van der Waals surface area contributed by atoms with Crippen LogP contribution in [0, 0.1) is 6.92 Å². The highest BCUT2D eigenvalue weighted by Gasteiger charge is 2.33. The van der Waals surface area contributed by atoms with Crippen LogP contribution in [0.2, 0.25) is 0 Å². The Balaban J connectivity index is 1.85. The summed E-state index contributed by atoms with van der Waals surface area (Å²) in [6.45, 7) is 2.38. The topological polar surface area (TPSA) is 51.5 Å². The standard InChI is InChI=1S/C21H21NO3S/c1-12-17-20(26-19(12)21(23)24)16(13-7-3-2-4-8-13)18-14-9-5-6-10-15(14)25-11-22(17)18/h5-6,9-10,13H,2-4,7-8,11H2,1H3,(H,23,24). The van der Waals surface area contributed by atoms with Gasteiger partial charge in [0.2, 0.25) is 0 Å². The molecule has 0 spiro atoms. The number of thiophene rings is 1. The van der Waals surface area contributed by atoms with Gasteiger partial charge in [0.25, 0.3) is 0 Å². The molecule has 3 aromatic rings. The van der Waals surface area contributed by atoms with Crippen LogP contribution >= 0.6 is 11.3 Å². The van der Waals surface area contributed by atoms with Crippen LogP contribution in [0.25, 0.3) is 21.5 Å². The van der Waals surface area contributed by atoms with Crippen LogP contribution in [-0.2, 0) is 6.73 Å².